The van der Waals surface area contributed by atoms with E-state index in [4.69, 9.17) is 5.73 Å². The van der Waals surface area contributed by atoms with E-state index in [1.54, 1.807) is 0 Å². The SMILES string of the molecule is NCCN1CC[C@]2(S(=O)(=O)c3ccc(F)cc3)c3ccc(C(F)(C(F)(F)F)C(F)(F)F)cc3CC[C@H]12. The Kier molecular flexibility index (Phi) is 6.45. The van der Waals surface area contributed by atoms with Gasteiger partial charge in [-0.15, -0.1) is 0 Å². The fraction of sp³-hybridized carbons (Fsp3) is 0.478. The van der Waals surface area contributed by atoms with Crippen LogP contribution in [0.2, 0.25) is 0 Å². The van der Waals surface area contributed by atoms with Crippen LogP contribution in [0.15, 0.2) is 47.4 Å². The number of nitrogens with two attached hydrogens (primary N) is 1. The first-order chi connectivity index (χ1) is 16.6. The van der Waals surface area contributed by atoms with Crippen molar-refractivity contribution in [1.82, 2.24) is 4.90 Å². The van der Waals surface area contributed by atoms with Gasteiger partial charge in [0.15, 0.2) is 9.84 Å². The molecule has 2 N–H and O–H groups in total. The predicted octanol–water partition coefficient (Wildman–Crippen LogP) is 4.76. The normalized spacial score (nSPS) is 23.4. The van der Waals surface area contributed by atoms with Gasteiger partial charge in [0.2, 0.25) is 0 Å². The summed E-state index contributed by atoms with van der Waals surface area (Å²) in [6.07, 6.45) is -12.6. The van der Waals surface area contributed by atoms with Crippen LogP contribution in [0.5, 0.6) is 0 Å². The summed E-state index contributed by atoms with van der Waals surface area (Å²) in [5.74, 6) is -0.688. The first-order valence-corrected chi connectivity index (χ1v) is 12.5. The Morgan fingerprint density at radius 3 is 2.14 bits per heavy atom. The second-order valence-corrected chi connectivity index (χ2v) is 11.2. The topological polar surface area (TPSA) is 63.4 Å². The van der Waals surface area contributed by atoms with Crippen LogP contribution >= 0.6 is 0 Å². The van der Waals surface area contributed by atoms with Crippen LogP contribution in [0, 0.1) is 5.82 Å². The summed E-state index contributed by atoms with van der Waals surface area (Å²) in [5.41, 5.74) is -1.72. The van der Waals surface area contributed by atoms with Crippen LogP contribution in [0.4, 0.5) is 35.1 Å². The highest BCUT2D eigenvalue weighted by atomic mass is 32.2. The average molecular weight is 542 g/mol. The van der Waals surface area contributed by atoms with Crippen molar-refractivity contribution in [2.75, 3.05) is 19.6 Å². The summed E-state index contributed by atoms with van der Waals surface area (Å²) >= 11 is 0. The van der Waals surface area contributed by atoms with E-state index in [9.17, 15) is 43.5 Å². The largest absolute Gasteiger partial charge is 0.435 e. The van der Waals surface area contributed by atoms with Crippen molar-refractivity contribution in [2.45, 2.75) is 53.0 Å². The quantitative estimate of drug-likeness (QED) is 0.437. The van der Waals surface area contributed by atoms with Gasteiger partial charge in [0, 0.05) is 31.2 Å². The van der Waals surface area contributed by atoms with Gasteiger partial charge in [0.05, 0.1) is 4.90 Å². The van der Waals surface area contributed by atoms with E-state index < -0.39 is 50.0 Å². The molecule has 0 saturated carbocycles. The van der Waals surface area contributed by atoms with Gasteiger partial charge in [-0.3, -0.25) is 4.90 Å². The summed E-state index contributed by atoms with van der Waals surface area (Å²) < 4.78 is 135. The third kappa shape index (κ3) is 3.73. The van der Waals surface area contributed by atoms with Crippen LogP contribution in [-0.4, -0.2) is 51.3 Å². The highest BCUT2D eigenvalue weighted by Gasteiger charge is 2.73. The first-order valence-electron chi connectivity index (χ1n) is 11.0. The van der Waals surface area contributed by atoms with Crippen molar-refractivity contribution in [1.29, 1.82) is 0 Å². The van der Waals surface area contributed by atoms with E-state index in [-0.39, 0.29) is 48.4 Å². The van der Waals surface area contributed by atoms with Crippen molar-refractivity contribution in [3.8, 4) is 0 Å². The summed E-state index contributed by atoms with van der Waals surface area (Å²) in [5, 5.41) is 0. The van der Waals surface area contributed by atoms with Crippen LogP contribution < -0.4 is 5.73 Å². The molecule has 13 heteroatoms. The van der Waals surface area contributed by atoms with E-state index in [0.29, 0.717) is 18.7 Å². The number of likely N-dealkylation sites (tertiary alicyclic amines) is 1. The molecule has 4 rings (SSSR count). The van der Waals surface area contributed by atoms with Gasteiger partial charge in [-0.25, -0.2) is 17.2 Å². The lowest BCUT2D eigenvalue weighted by Gasteiger charge is -2.43. The van der Waals surface area contributed by atoms with Crippen molar-refractivity contribution in [2.24, 2.45) is 5.73 Å². The van der Waals surface area contributed by atoms with Gasteiger partial charge in [0.25, 0.3) is 0 Å². The molecule has 0 bridgehead atoms. The Balaban J connectivity index is 1.94. The highest BCUT2D eigenvalue weighted by Crippen LogP contribution is 2.56. The van der Waals surface area contributed by atoms with Crippen LogP contribution in [0.25, 0.3) is 0 Å². The van der Waals surface area contributed by atoms with Crippen molar-refractivity contribution < 1.29 is 43.5 Å². The monoisotopic (exact) mass is 542 g/mol. The average Bonchev–Trinajstić information content (AvgIpc) is 3.17. The standard InChI is InChI=1S/C23H22F8N2O2S/c24-16-3-5-17(6-4-16)36(34,35)20-9-11-33(12-10-32)19(20)8-1-14-13-15(2-7-18(14)20)21(25,22(26,27)28)23(29,30)31/h2-7,13,19H,1,8-12,32H2/t19-,20-/m0/s1. The Hall–Kier alpha value is -2.25. The molecule has 36 heavy (non-hydrogen) atoms. The number of sulfone groups is 1. The van der Waals surface area contributed by atoms with Crippen LogP contribution in [-0.2, 0) is 26.7 Å². The third-order valence-electron chi connectivity index (χ3n) is 7.20. The molecule has 2 aromatic rings. The number of fused-ring (bicyclic) bond motifs is 3. The van der Waals surface area contributed by atoms with E-state index in [0.717, 1.165) is 30.3 Å². The minimum absolute atomic E-state index is 0.0121. The number of hydrogen-bond donors (Lipinski definition) is 1. The zero-order valence-electron chi connectivity index (χ0n) is 18.6. The lowest BCUT2D eigenvalue weighted by molar-refractivity contribution is -0.348. The molecule has 0 radical (unpaired) electrons. The summed E-state index contributed by atoms with van der Waals surface area (Å²) in [6, 6.07) is 5.01. The molecule has 2 aromatic carbocycles. The fourth-order valence-corrected chi connectivity index (χ4v) is 7.97. The van der Waals surface area contributed by atoms with Gasteiger partial charge in [0.1, 0.15) is 10.6 Å². The Bertz CT molecular complexity index is 1230. The molecule has 1 heterocycles. The Morgan fingerprint density at radius 1 is 0.972 bits per heavy atom. The van der Waals surface area contributed by atoms with Crippen LogP contribution in [0.3, 0.4) is 0 Å². The third-order valence-corrected chi connectivity index (χ3v) is 9.74. The molecular weight excluding hydrogens is 520 g/mol. The maximum atomic E-state index is 14.7. The van der Waals surface area contributed by atoms with Gasteiger partial charge in [-0.1, -0.05) is 18.2 Å². The zero-order valence-corrected chi connectivity index (χ0v) is 19.5. The van der Waals surface area contributed by atoms with Crippen molar-refractivity contribution in [3.05, 3.63) is 65.0 Å². The first kappa shape index (κ1) is 26.8. The molecule has 2 atom stereocenters. The lowest BCUT2D eigenvalue weighted by atomic mass is 9.77. The zero-order chi connectivity index (χ0) is 26.7. The lowest BCUT2D eigenvalue weighted by Crippen LogP contribution is -2.52. The number of halogens is 8. The van der Waals surface area contributed by atoms with E-state index >= 15 is 0 Å². The number of benzene rings is 2. The van der Waals surface area contributed by atoms with E-state index in [2.05, 4.69) is 0 Å². The van der Waals surface area contributed by atoms with Crippen molar-refractivity contribution in [3.63, 3.8) is 0 Å². The molecule has 0 aromatic heterocycles. The molecule has 0 spiro atoms. The predicted molar refractivity (Wildman–Crippen MR) is 114 cm³/mol. The second-order valence-electron chi connectivity index (χ2n) is 9.00. The summed E-state index contributed by atoms with van der Waals surface area (Å²) in [6.45, 7) is 0.757. The van der Waals surface area contributed by atoms with Crippen molar-refractivity contribution >= 4 is 9.84 Å². The molecule has 198 valence electrons. The molecular formula is C23H22F8N2O2S. The molecule has 1 aliphatic heterocycles. The molecule has 4 nitrogen and oxygen atoms in total. The molecule has 1 fully saturated rings. The Morgan fingerprint density at radius 2 is 1.58 bits per heavy atom. The molecule has 2 aliphatic rings. The fourth-order valence-electron chi connectivity index (χ4n) is 5.58. The van der Waals surface area contributed by atoms with E-state index in [1.165, 1.54) is 0 Å². The Labute approximate surface area is 202 Å². The number of nitrogens with zero attached hydrogens (tertiary/aromatic N) is 1. The minimum Gasteiger partial charge on any atom is -0.329 e. The van der Waals surface area contributed by atoms with Gasteiger partial charge < -0.3 is 5.73 Å². The smallest absolute Gasteiger partial charge is 0.329 e. The number of rotatable bonds is 5. The molecule has 1 aliphatic carbocycles. The number of aryl methyl sites for hydroxylation is 1. The number of hydrogen-bond acceptors (Lipinski definition) is 4. The molecule has 0 unspecified atom stereocenters. The van der Waals surface area contributed by atoms with E-state index in [1.807, 2.05) is 4.90 Å². The number of alkyl halides is 7. The highest BCUT2D eigenvalue weighted by molar-refractivity contribution is 7.92. The maximum Gasteiger partial charge on any atom is 0.435 e. The van der Waals surface area contributed by atoms with Gasteiger partial charge >= 0.3 is 18.0 Å². The molecule has 0 amide bonds. The summed E-state index contributed by atoms with van der Waals surface area (Å²) in [4.78, 5) is 1.58. The minimum atomic E-state index is -6.29. The molecule has 1 saturated heterocycles. The second kappa shape index (κ2) is 8.66. The van der Waals surface area contributed by atoms with Crippen LogP contribution in [0.1, 0.15) is 29.5 Å². The summed E-state index contributed by atoms with van der Waals surface area (Å²) in [7, 11) is -4.33. The van der Waals surface area contributed by atoms with Gasteiger partial charge in [-0.05, 0) is 54.7 Å². The van der Waals surface area contributed by atoms with Gasteiger partial charge in [-0.2, -0.15) is 26.3 Å². The maximum absolute atomic E-state index is 14.7.